The van der Waals surface area contributed by atoms with Crippen LogP contribution in [0.4, 0.5) is 5.69 Å². The summed E-state index contributed by atoms with van der Waals surface area (Å²) in [6.45, 7) is 1.98. The van der Waals surface area contributed by atoms with E-state index < -0.39 is 0 Å². The lowest BCUT2D eigenvalue weighted by atomic mass is 10.2. The number of benzene rings is 1. The number of carbonyl (C=O) groups excluding carboxylic acids is 1. The van der Waals surface area contributed by atoms with E-state index in [1.165, 1.54) is 11.8 Å². The summed E-state index contributed by atoms with van der Waals surface area (Å²) in [4.78, 5) is 14.9. The van der Waals surface area contributed by atoms with Gasteiger partial charge in [0.15, 0.2) is 4.32 Å². The van der Waals surface area contributed by atoms with E-state index in [1.807, 2.05) is 67.2 Å². The number of rotatable bonds is 2. The highest BCUT2D eigenvalue weighted by molar-refractivity contribution is 8.27. The Balaban J connectivity index is 1.99. The summed E-state index contributed by atoms with van der Waals surface area (Å²) in [5.74, 6) is -0.0551. The van der Waals surface area contributed by atoms with Crippen LogP contribution in [-0.2, 0) is 11.8 Å². The third-order valence-electron chi connectivity index (χ3n) is 3.41. The molecule has 0 unspecified atom stereocenters. The summed E-state index contributed by atoms with van der Waals surface area (Å²) >= 11 is 6.73. The molecule has 2 heterocycles. The molecule has 1 aromatic heterocycles. The number of hydrogen-bond acceptors (Lipinski definition) is 3. The lowest BCUT2D eigenvalue weighted by Crippen LogP contribution is -2.28. The number of anilines is 1. The summed E-state index contributed by atoms with van der Waals surface area (Å²) in [6.07, 6.45) is 3.84. The van der Waals surface area contributed by atoms with Crippen LogP contribution in [0.2, 0.25) is 0 Å². The molecule has 1 fully saturated rings. The van der Waals surface area contributed by atoms with E-state index in [1.54, 1.807) is 4.90 Å². The van der Waals surface area contributed by atoms with E-state index in [0.29, 0.717) is 9.23 Å². The van der Waals surface area contributed by atoms with Crippen LogP contribution < -0.4 is 4.90 Å². The highest BCUT2D eigenvalue weighted by Gasteiger charge is 2.34. The van der Waals surface area contributed by atoms with Crippen LogP contribution in [0.15, 0.2) is 47.5 Å². The van der Waals surface area contributed by atoms with Gasteiger partial charge in [-0.15, -0.1) is 0 Å². The number of aromatic nitrogens is 1. The van der Waals surface area contributed by atoms with Crippen LogP contribution in [0.3, 0.4) is 0 Å². The summed E-state index contributed by atoms with van der Waals surface area (Å²) in [6, 6.07) is 11.7. The predicted octanol–water partition coefficient (Wildman–Crippen LogP) is 3.74. The van der Waals surface area contributed by atoms with Crippen molar-refractivity contribution in [2.45, 2.75) is 6.92 Å². The molecule has 0 bridgehead atoms. The zero-order valence-electron chi connectivity index (χ0n) is 11.7. The Morgan fingerprint density at radius 1 is 1.19 bits per heavy atom. The van der Waals surface area contributed by atoms with Crippen LogP contribution in [0.25, 0.3) is 6.08 Å². The first-order chi connectivity index (χ1) is 10.1. The summed E-state index contributed by atoms with van der Waals surface area (Å²) in [7, 11) is 1.95. The van der Waals surface area contributed by atoms with E-state index in [2.05, 4.69) is 0 Å². The number of amides is 1. The summed E-state index contributed by atoms with van der Waals surface area (Å²) in [5, 5.41) is 0. The molecule has 1 aromatic carbocycles. The van der Waals surface area contributed by atoms with Crippen LogP contribution in [0.5, 0.6) is 0 Å². The maximum Gasteiger partial charge on any atom is 0.270 e. The molecule has 1 aliphatic rings. The molecule has 3 rings (SSSR count). The molecule has 1 amide bonds. The van der Waals surface area contributed by atoms with E-state index in [0.717, 1.165) is 16.9 Å². The SMILES string of the molecule is Cc1ccccc1N1C(=O)/C(=C/c2cccn2C)SC1=S. The Morgan fingerprint density at radius 2 is 1.95 bits per heavy atom. The van der Waals surface area contributed by atoms with Gasteiger partial charge in [0.25, 0.3) is 5.91 Å². The minimum absolute atomic E-state index is 0.0551. The van der Waals surface area contributed by atoms with Gasteiger partial charge in [-0.1, -0.05) is 42.2 Å². The third-order valence-corrected chi connectivity index (χ3v) is 4.72. The molecular weight excluding hydrogens is 300 g/mol. The van der Waals surface area contributed by atoms with Gasteiger partial charge in [-0.3, -0.25) is 9.69 Å². The molecule has 1 aliphatic heterocycles. The number of aryl methyl sites for hydroxylation is 2. The van der Waals surface area contributed by atoms with E-state index in [4.69, 9.17) is 12.2 Å². The second kappa shape index (κ2) is 5.50. The van der Waals surface area contributed by atoms with Crippen LogP contribution in [0.1, 0.15) is 11.3 Å². The maximum absolute atomic E-state index is 12.6. The molecular formula is C16H14N2OS2. The molecule has 1 saturated heterocycles. The van der Waals surface area contributed by atoms with Crippen molar-refractivity contribution in [3.63, 3.8) is 0 Å². The van der Waals surface area contributed by atoms with Crippen LogP contribution in [-0.4, -0.2) is 14.8 Å². The van der Waals surface area contributed by atoms with Crippen LogP contribution >= 0.6 is 24.0 Å². The van der Waals surface area contributed by atoms with E-state index in [9.17, 15) is 4.79 Å². The monoisotopic (exact) mass is 314 g/mol. The van der Waals surface area contributed by atoms with Gasteiger partial charge in [0.1, 0.15) is 0 Å². The second-order valence-corrected chi connectivity index (χ2v) is 6.52. The zero-order chi connectivity index (χ0) is 15.0. The van der Waals surface area contributed by atoms with Crippen molar-refractivity contribution < 1.29 is 4.79 Å². The zero-order valence-corrected chi connectivity index (χ0v) is 13.4. The predicted molar refractivity (Wildman–Crippen MR) is 92.2 cm³/mol. The third kappa shape index (κ3) is 2.54. The number of thiocarbonyl (C=S) groups is 1. The molecule has 21 heavy (non-hydrogen) atoms. The standard InChI is InChI=1S/C16H14N2OS2/c1-11-6-3-4-8-13(11)18-15(19)14(21-16(18)20)10-12-7-5-9-17(12)2/h3-10H,1-2H3/b14-10-. The first kappa shape index (κ1) is 14.1. The second-order valence-electron chi connectivity index (χ2n) is 4.85. The van der Waals surface area contributed by atoms with E-state index in [-0.39, 0.29) is 5.91 Å². The average molecular weight is 314 g/mol. The number of hydrogen-bond donors (Lipinski definition) is 0. The quantitative estimate of drug-likeness (QED) is 0.624. The number of thioether (sulfide) groups is 1. The molecule has 0 N–H and O–H groups in total. The Kier molecular flexibility index (Phi) is 3.69. The molecule has 0 spiro atoms. The van der Waals surface area contributed by atoms with Crippen molar-refractivity contribution >= 4 is 46.0 Å². The Labute approximate surface area is 133 Å². The lowest BCUT2D eigenvalue weighted by Gasteiger charge is -2.16. The fourth-order valence-corrected chi connectivity index (χ4v) is 3.52. The summed E-state index contributed by atoms with van der Waals surface area (Å²) < 4.78 is 2.55. The molecule has 106 valence electrons. The Hall–Kier alpha value is -1.85. The van der Waals surface area contributed by atoms with Gasteiger partial charge in [-0.25, -0.2) is 0 Å². The first-order valence-electron chi connectivity index (χ1n) is 6.53. The topological polar surface area (TPSA) is 25.2 Å². The van der Waals surface area contributed by atoms with Crippen molar-refractivity contribution in [1.29, 1.82) is 0 Å². The van der Waals surface area contributed by atoms with Gasteiger partial charge in [0, 0.05) is 18.9 Å². The molecule has 0 radical (unpaired) electrons. The first-order valence-corrected chi connectivity index (χ1v) is 7.75. The number of carbonyl (C=O) groups is 1. The molecule has 0 saturated carbocycles. The van der Waals surface area contributed by atoms with Crippen molar-refractivity contribution in [2.24, 2.45) is 7.05 Å². The molecule has 5 heteroatoms. The maximum atomic E-state index is 12.6. The van der Waals surface area contributed by atoms with Crippen LogP contribution in [0, 0.1) is 6.92 Å². The van der Waals surface area contributed by atoms with Crippen molar-refractivity contribution in [2.75, 3.05) is 4.90 Å². The van der Waals surface area contributed by atoms with Crippen molar-refractivity contribution in [3.05, 3.63) is 58.8 Å². The van der Waals surface area contributed by atoms with Gasteiger partial charge in [0.2, 0.25) is 0 Å². The van der Waals surface area contributed by atoms with Crippen molar-refractivity contribution in [3.8, 4) is 0 Å². The van der Waals surface area contributed by atoms with Gasteiger partial charge in [-0.05, 0) is 36.8 Å². The van der Waals surface area contributed by atoms with Gasteiger partial charge >= 0.3 is 0 Å². The minimum atomic E-state index is -0.0551. The Bertz CT molecular complexity index is 761. The highest BCUT2D eigenvalue weighted by atomic mass is 32.2. The molecule has 0 aliphatic carbocycles. The number of nitrogens with zero attached hydrogens (tertiary/aromatic N) is 2. The average Bonchev–Trinajstić information content (AvgIpc) is 2.97. The van der Waals surface area contributed by atoms with E-state index >= 15 is 0 Å². The van der Waals surface area contributed by atoms with Gasteiger partial charge in [-0.2, -0.15) is 0 Å². The van der Waals surface area contributed by atoms with Gasteiger partial charge < -0.3 is 4.57 Å². The summed E-state index contributed by atoms with van der Waals surface area (Å²) in [5.41, 5.74) is 2.88. The van der Waals surface area contributed by atoms with Crippen molar-refractivity contribution in [1.82, 2.24) is 4.57 Å². The minimum Gasteiger partial charge on any atom is -0.351 e. The molecule has 0 atom stereocenters. The smallest absolute Gasteiger partial charge is 0.270 e. The Morgan fingerprint density at radius 3 is 2.62 bits per heavy atom. The molecule has 3 nitrogen and oxygen atoms in total. The fourth-order valence-electron chi connectivity index (χ4n) is 2.25. The lowest BCUT2D eigenvalue weighted by molar-refractivity contribution is -0.113. The molecule has 2 aromatic rings. The number of para-hydroxylation sites is 1. The van der Waals surface area contributed by atoms with Gasteiger partial charge in [0.05, 0.1) is 10.6 Å². The normalized spacial score (nSPS) is 17.0. The fraction of sp³-hybridized carbons (Fsp3) is 0.125. The highest BCUT2D eigenvalue weighted by Crippen LogP contribution is 2.37. The largest absolute Gasteiger partial charge is 0.351 e.